The highest BCUT2D eigenvalue weighted by Gasteiger charge is 2.49. The van der Waals surface area contributed by atoms with Gasteiger partial charge in [0.2, 0.25) is 5.91 Å². The first-order chi connectivity index (χ1) is 20.5. The third-order valence-electron chi connectivity index (χ3n) is 5.69. The zero-order valence-electron chi connectivity index (χ0n) is 22.0. The van der Waals surface area contributed by atoms with E-state index in [1.165, 1.54) is 29.3 Å². The second-order valence-corrected chi connectivity index (χ2v) is 15.7. The van der Waals surface area contributed by atoms with Crippen LogP contribution in [-0.2, 0) is 52.4 Å². The summed E-state index contributed by atoms with van der Waals surface area (Å²) >= 11 is 10.0. The molecule has 244 valence electrons. The SMILES string of the molecule is COC1C(OCC(=O)NCc2ccsc2Br)C(COP(=O)(O)OP(=O)(O)OP(=O)(O)O)OC1n1cnc2c(=S)nc(N)[nH]c21. The standard InChI is InChI=1S/C18H24BrN6O14P3S2/c1-34-13-12(35-6-10(26)21-4-8-2-3-44-14(8)19)9(5-36-41(30,31)39-42(32,33)38-40(27,28)29)37-17(13)25-7-22-11-15(25)23-18(20)24-16(11)43/h2-3,7,9,12-13,17H,4-6H2,1H3,(H,21,26)(H,30,31)(H,32,33)(H2,27,28,29)(H3,20,23,24,43). The molecule has 6 atom stereocenters. The summed E-state index contributed by atoms with van der Waals surface area (Å²) in [4.78, 5) is 60.4. The number of imidazole rings is 1. The summed E-state index contributed by atoms with van der Waals surface area (Å²) in [5.41, 5.74) is 7.14. The van der Waals surface area contributed by atoms with Gasteiger partial charge in [0.25, 0.3) is 0 Å². The number of carbonyl (C=O) groups excluding carboxylic acids is 1. The maximum atomic E-state index is 12.6. The molecule has 1 aliphatic rings. The van der Waals surface area contributed by atoms with E-state index < -0.39 is 67.1 Å². The number of hydrogen-bond acceptors (Lipinski definition) is 15. The number of phosphoric ester groups is 1. The van der Waals surface area contributed by atoms with Crippen molar-refractivity contribution in [2.45, 2.75) is 31.1 Å². The lowest BCUT2D eigenvalue weighted by molar-refractivity contribution is -0.132. The number of aromatic amines is 1. The van der Waals surface area contributed by atoms with Crippen LogP contribution in [0.2, 0.25) is 0 Å². The smallest absolute Gasteiger partial charge is 0.374 e. The summed E-state index contributed by atoms with van der Waals surface area (Å²) in [6, 6.07) is 1.81. The predicted molar refractivity (Wildman–Crippen MR) is 155 cm³/mol. The maximum Gasteiger partial charge on any atom is 0.490 e. The highest BCUT2D eigenvalue weighted by Crippen LogP contribution is 2.66. The van der Waals surface area contributed by atoms with Crippen molar-refractivity contribution in [1.82, 2.24) is 24.8 Å². The van der Waals surface area contributed by atoms with Gasteiger partial charge in [-0.05, 0) is 32.9 Å². The van der Waals surface area contributed by atoms with Gasteiger partial charge in [0.05, 0.1) is 16.7 Å². The van der Waals surface area contributed by atoms with Crippen LogP contribution in [0.5, 0.6) is 0 Å². The number of thiophene rings is 1. The molecule has 44 heavy (non-hydrogen) atoms. The summed E-state index contributed by atoms with van der Waals surface area (Å²) in [6.07, 6.45) is -3.36. The Morgan fingerprint density at radius 1 is 1.25 bits per heavy atom. The van der Waals surface area contributed by atoms with Crippen LogP contribution >= 0.6 is 63.0 Å². The van der Waals surface area contributed by atoms with Crippen LogP contribution in [0.4, 0.5) is 5.95 Å². The van der Waals surface area contributed by atoms with E-state index in [4.69, 9.17) is 46.5 Å². The number of nitrogens with one attached hydrogen (secondary N) is 2. The molecule has 0 saturated carbocycles. The van der Waals surface area contributed by atoms with Crippen molar-refractivity contribution in [1.29, 1.82) is 0 Å². The van der Waals surface area contributed by atoms with Crippen LogP contribution in [0.3, 0.4) is 0 Å². The zero-order valence-corrected chi connectivity index (χ0v) is 27.9. The van der Waals surface area contributed by atoms with Crippen LogP contribution in [-0.4, -0.2) is 83.6 Å². The number of fused-ring (bicyclic) bond motifs is 1. The highest BCUT2D eigenvalue weighted by atomic mass is 79.9. The number of anilines is 1. The average molecular weight is 785 g/mol. The Hall–Kier alpha value is -1.49. The topological polar surface area (TPSA) is 289 Å². The van der Waals surface area contributed by atoms with Crippen LogP contribution in [0.15, 0.2) is 21.6 Å². The number of nitrogens with zero attached hydrogens (tertiary/aromatic N) is 3. The number of nitrogens with two attached hydrogens (primary N) is 1. The van der Waals surface area contributed by atoms with Gasteiger partial charge in [0.1, 0.15) is 36.1 Å². The van der Waals surface area contributed by atoms with Gasteiger partial charge in [-0.2, -0.15) is 8.62 Å². The Balaban J connectivity index is 1.55. The van der Waals surface area contributed by atoms with Gasteiger partial charge >= 0.3 is 23.5 Å². The molecule has 1 aliphatic heterocycles. The number of aromatic nitrogens is 4. The first-order valence-electron chi connectivity index (χ1n) is 11.8. The second-order valence-electron chi connectivity index (χ2n) is 8.70. The van der Waals surface area contributed by atoms with Crippen LogP contribution < -0.4 is 11.1 Å². The van der Waals surface area contributed by atoms with E-state index in [0.717, 1.165) is 9.35 Å². The fourth-order valence-electron chi connectivity index (χ4n) is 4.00. The van der Waals surface area contributed by atoms with Gasteiger partial charge in [-0.15, -0.1) is 11.3 Å². The molecular formula is C18H24BrN6O14P3S2. The third-order valence-corrected chi connectivity index (χ3v) is 11.6. The fourth-order valence-corrected chi connectivity index (χ4v) is 8.51. The van der Waals surface area contributed by atoms with E-state index in [1.807, 2.05) is 11.4 Å². The molecule has 1 amide bonds. The molecule has 20 nitrogen and oxygen atoms in total. The lowest BCUT2D eigenvalue weighted by Crippen LogP contribution is -2.40. The minimum Gasteiger partial charge on any atom is -0.374 e. The van der Waals surface area contributed by atoms with Crippen molar-refractivity contribution < 1.29 is 65.4 Å². The summed E-state index contributed by atoms with van der Waals surface area (Å²) in [6.45, 7) is -1.23. The largest absolute Gasteiger partial charge is 0.490 e. The Morgan fingerprint density at radius 2 is 1.98 bits per heavy atom. The molecule has 8 N–H and O–H groups in total. The van der Waals surface area contributed by atoms with Crippen LogP contribution in [0.1, 0.15) is 11.8 Å². The van der Waals surface area contributed by atoms with E-state index in [0.29, 0.717) is 0 Å². The fraction of sp³-hybridized carbons (Fsp3) is 0.444. The summed E-state index contributed by atoms with van der Waals surface area (Å²) < 4.78 is 67.0. The van der Waals surface area contributed by atoms with Crippen molar-refractivity contribution in [3.8, 4) is 0 Å². The van der Waals surface area contributed by atoms with Gasteiger partial charge in [0, 0.05) is 13.7 Å². The van der Waals surface area contributed by atoms with Crippen molar-refractivity contribution in [3.63, 3.8) is 0 Å². The summed E-state index contributed by atoms with van der Waals surface area (Å²) in [7, 11) is -15.6. The highest BCUT2D eigenvalue weighted by molar-refractivity contribution is 9.11. The molecule has 1 saturated heterocycles. The quantitative estimate of drug-likeness (QED) is 0.0906. The number of H-pyrrole nitrogens is 1. The van der Waals surface area contributed by atoms with E-state index in [1.54, 1.807) is 0 Å². The number of nitrogen functional groups attached to an aromatic ring is 1. The van der Waals surface area contributed by atoms with Crippen LogP contribution in [0, 0.1) is 4.64 Å². The number of phosphoric acid groups is 3. The maximum absolute atomic E-state index is 12.6. The van der Waals surface area contributed by atoms with Gasteiger partial charge in [-0.25, -0.2) is 23.7 Å². The third kappa shape index (κ3) is 9.07. The molecule has 6 unspecified atom stereocenters. The Morgan fingerprint density at radius 3 is 2.61 bits per heavy atom. The number of carbonyl (C=O) groups is 1. The van der Waals surface area contributed by atoms with Gasteiger partial charge in [0.15, 0.2) is 16.8 Å². The Kier molecular flexibility index (Phi) is 11.3. The van der Waals surface area contributed by atoms with Crippen molar-refractivity contribution in [2.75, 3.05) is 26.1 Å². The minimum atomic E-state index is -5.77. The van der Waals surface area contributed by atoms with Crippen molar-refractivity contribution >= 4 is 86.0 Å². The second kappa shape index (κ2) is 14.1. The Bertz CT molecular complexity index is 1720. The monoisotopic (exact) mass is 784 g/mol. The van der Waals surface area contributed by atoms with E-state index in [9.17, 15) is 28.3 Å². The lowest BCUT2D eigenvalue weighted by atomic mass is 10.1. The first kappa shape index (κ1) is 35.4. The number of rotatable bonds is 14. The first-order valence-corrected chi connectivity index (χ1v) is 18.4. The number of methoxy groups -OCH3 is 1. The predicted octanol–water partition coefficient (Wildman–Crippen LogP) is 1.85. The van der Waals surface area contributed by atoms with Crippen molar-refractivity contribution in [3.05, 3.63) is 31.8 Å². The van der Waals surface area contributed by atoms with Crippen molar-refractivity contribution in [2.24, 2.45) is 0 Å². The summed E-state index contributed by atoms with van der Waals surface area (Å²) in [5.74, 6) is -0.578. The van der Waals surface area contributed by atoms with E-state index >= 15 is 0 Å². The molecule has 3 aromatic heterocycles. The van der Waals surface area contributed by atoms with E-state index in [2.05, 4.69) is 44.8 Å². The van der Waals surface area contributed by atoms with Gasteiger partial charge in [-0.1, -0.05) is 12.2 Å². The molecule has 0 aliphatic carbocycles. The molecule has 26 heteroatoms. The molecule has 1 fully saturated rings. The molecule has 3 aromatic rings. The van der Waals surface area contributed by atoms with Gasteiger partial charge < -0.3 is 49.8 Å². The molecule has 0 spiro atoms. The molecular weight excluding hydrogens is 761 g/mol. The van der Waals surface area contributed by atoms with E-state index in [-0.39, 0.29) is 28.3 Å². The summed E-state index contributed by atoms with van der Waals surface area (Å²) in [5, 5.41) is 4.51. The lowest BCUT2D eigenvalue weighted by Gasteiger charge is -2.24. The number of halogens is 1. The number of amides is 1. The molecule has 4 rings (SSSR count). The number of hydrogen-bond donors (Lipinski definition) is 7. The molecule has 0 bridgehead atoms. The number of ether oxygens (including phenoxy) is 3. The minimum absolute atomic E-state index is 0.0397. The molecule has 0 aromatic carbocycles. The molecule has 4 heterocycles. The Labute approximate surface area is 264 Å². The van der Waals surface area contributed by atoms with Crippen LogP contribution in [0.25, 0.3) is 11.2 Å². The van der Waals surface area contributed by atoms with Gasteiger partial charge in [-0.3, -0.25) is 13.9 Å². The zero-order chi connectivity index (χ0) is 32.4. The molecule has 0 radical (unpaired) electrons. The normalized spacial score (nSPS) is 23.4. The average Bonchev–Trinajstić information content (AvgIpc) is 3.59.